The molecule has 0 aliphatic rings. The molecule has 0 radical (unpaired) electrons. The fourth-order valence-electron chi connectivity index (χ4n) is 2.28. The zero-order valence-corrected chi connectivity index (χ0v) is 13.7. The molecule has 2 aromatic heterocycles. The number of anilines is 5. The van der Waals surface area contributed by atoms with E-state index in [9.17, 15) is 0 Å². The lowest BCUT2D eigenvalue weighted by Crippen LogP contribution is -2.06. The Morgan fingerprint density at radius 2 is 1.67 bits per heavy atom. The Balaban J connectivity index is 1.82. The average Bonchev–Trinajstić information content (AvgIpc) is 2.59. The molecule has 0 aliphatic carbocycles. The second-order valence-electron chi connectivity index (χ2n) is 5.50. The predicted molar refractivity (Wildman–Crippen MR) is 97.8 cm³/mol. The van der Waals surface area contributed by atoms with Gasteiger partial charge in [0.05, 0.1) is 0 Å². The van der Waals surface area contributed by atoms with E-state index in [1.54, 1.807) is 6.20 Å². The Hall–Kier alpha value is -3.15. The Kier molecular flexibility index (Phi) is 4.56. The minimum Gasteiger partial charge on any atom is -0.393 e. The number of hydrogen-bond donors (Lipinski definition) is 3. The van der Waals surface area contributed by atoms with Crippen LogP contribution in [0.1, 0.15) is 18.1 Å². The number of benzene rings is 1. The molecule has 0 spiro atoms. The minimum atomic E-state index is 0.445. The van der Waals surface area contributed by atoms with Gasteiger partial charge in [-0.25, -0.2) is 15.0 Å². The predicted octanol–water partition coefficient (Wildman–Crippen LogP) is 3.81. The third kappa shape index (κ3) is 3.60. The van der Waals surface area contributed by atoms with E-state index in [4.69, 9.17) is 5.73 Å². The van der Waals surface area contributed by atoms with Crippen molar-refractivity contribution < 1.29 is 0 Å². The first-order chi connectivity index (χ1) is 11.7. The number of pyridine rings is 1. The van der Waals surface area contributed by atoms with E-state index in [1.807, 2.05) is 31.2 Å². The fourth-order valence-corrected chi connectivity index (χ4v) is 2.28. The van der Waals surface area contributed by atoms with Crippen LogP contribution in [0, 0.1) is 6.92 Å². The normalized spacial score (nSPS) is 10.4. The van der Waals surface area contributed by atoms with Crippen molar-refractivity contribution >= 4 is 28.8 Å². The first-order valence-electron chi connectivity index (χ1n) is 7.82. The second-order valence-corrected chi connectivity index (χ2v) is 5.50. The molecule has 3 rings (SSSR count). The molecule has 6 nitrogen and oxygen atoms in total. The minimum absolute atomic E-state index is 0.445. The number of hydrogen-bond acceptors (Lipinski definition) is 6. The SMILES string of the molecule is CCc1ccc(Nc2ncnc(Nc3cc(C)ccn3)c2N)cc1. The summed E-state index contributed by atoms with van der Waals surface area (Å²) in [6.45, 7) is 4.13. The lowest BCUT2D eigenvalue weighted by molar-refractivity contribution is 1.14. The molecule has 122 valence electrons. The monoisotopic (exact) mass is 320 g/mol. The summed E-state index contributed by atoms with van der Waals surface area (Å²) in [6.07, 6.45) is 4.22. The van der Waals surface area contributed by atoms with Crippen molar-refractivity contribution in [1.82, 2.24) is 15.0 Å². The molecule has 0 saturated carbocycles. The Bertz CT molecular complexity index is 829. The van der Waals surface area contributed by atoms with E-state index >= 15 is 0 Å². The molecule has 0 unspecified atom stereocenters. The third-order valence-corrected chi connectivity index (χ3v) is 3.67. The van der Waals surface area contributed by atoms with Gasteiger partial charge in [-0.15, -0.1) is 0 Å². The van der Waals surface area contributed by atoms with Gasteiger partial charge in [-0.05, 0) is 48.7 Å². The van der Waals surface area contributed by atoms with Gasteiger partial charge in [-0.2, -0.15) is 0 Å². The summed E-state index contributed by atoms with van der Waals surface area (Å²) in [5, 5.41) is 6.35. The Morgan fingerprint density at radius 1 is 0.958 bits per heavy atom. The van der Waals surface area contributed by atoms with E-state index in [0.717, 1.165) is 17.7 Å². The van der Waals surface area contributed by atoms with E-state index in [0.29, 0.717) is 23.1 Å². The van der Waals surface area contributed by atoms with Gasteiger partial charge < -0.3 is 16.4 Å². The third-order valence-electron chi connectivity index (χ3n) is 3.67. The maximum absolute atomic E-state index is 6.20. The van der Waals surface area contributed by atoms with Gasteiger partial charge >= 0.3 is 0 Å². The van der Waals surface area contributed by atoms with E-state index in [1.165, 1.54) is 11.9 Å². The van der Waals surface area contributed by atoms with Crippen molar-refractivity contribution in [1.29, 1.82) is 0 Å². The van der Waals surface area contributed by atoms with Crippen LogP contribution < -0.4 is 16.4 Å². The van der Waals surface area contributed by atoms with Crippen molar-refractivity contribution in [3.05, 3.63) is 60.0 Å². The van der Waals surface area contributed by atoms with Crippen molar-refractivity contribution in [2.45, 2.75) is 20.3 Å². The van der Waals surface area contributed by atoms with Gasteiger partial charge in [0.1, 0.15) is 17.8 Å². The average molecular weight is 320 g/mol. The van der Waals surface area contributed by atoms with Crippen LogP contribution in [0.5, 0.6) is 0 Å². The second kappa shape index (κ2) is 6.95. The van der Waals surface area contributed by atoms with Gasteiger partial charge in [0, 0.05) is 11.9 Å². The van der Waals surface area contributed by atoms with E-state index in [2.05, 4.69) is 44.6 Å². The number of nitrogens with two attached hydrogens (primary N) is 1. The number of aromatic nitrogens is 3. The highest BCUT2D eigenvalue weighted by atomic mass is 15.1. The van der Waals surface area contributed by atoms with Crippen LogP contribution in [0.15, 0.2) is 48.9 Å². The maximum atomic E-state index is 6.20. The summed E-state index contributed by atoms with van der Waals surface area (Å²) in [7, 11) is 0. The topological polar surface area (TPSA) is 88.8 Å². The van der Waals surface area contributed by atoms with Crippen molar-refractivity contribution in [2.24, 2.45) is 0 Å². The summed E-state index contributed by atoms with van der Waals surface area (Å²) in [6, 6.07) is 12.0. The molecule has 2 heterocycles. The van der Waals surface area contributed by atoms with Crippen LogP contribution in [0.2, 0.25) is 0 Å². The van der Waals surface area contributed by atoms with Gasteiger partial charge in [0.2, 0.25) is 0 Å². The number of aryl methyl sites for hydroxylation is 2. The van der Waals surface area contributed by atoms with Crippen molar-refractivity contribution in [3.8, 4) is 0 Å². The molecule has 0 amide bonds. The molecule has 4 N–H and O–H groups in total. The Morgan fingerprint density at radius 3 is 2.33 bits per heavy atom. The molecule has 6 heteroatoms. The first-order valence-corrected chi connectivity index (χ1v) is 7.82. The van der Waals surface area contributed by atoms with Crippen molar-refractivity contribution in [2.75, 3.05) is 16.4 Å². The molecule has 0 fully saturated rings. The van der Waals surface area contributed by atoms with Crippen LogP contribution in [0.3, 0.4) is 0 Å². The molecule has 0 bridgehead atoms. The molecule has 0 atom stereocenters. The highest BCUT2D eigenvalue weighted by molar-refractivity contribution is 5.79. The molecule has 24 heavy (non-hydrogen) atoms. The molecule has 3 aromatic rings. The van der Waals surface area contributed by atoms with Crippen LogP contribution in [0.4, 0.5) is 28.8 Å². The zero-order valence-electron chi connectivity index (χ0n) is 13.7. The highest BCUT2D eigenvalue weighted by Gasteiger charge is 2.09. The Labute approximate surface area is 141 Å². The standard InChI is InChI=1S/C18H20N6/c1-3-13-4-6-14(7-5-13)23-17-16(19)18(22-11-21-17)24-15-10-12(2)8-9-20-15/h4-11H,3,19H2,1-2H3,(H2,20,21,22,23,24). The summed E-state index contributed by atoms with van der Waals surface area (Å²) in [5.74, 6) is 1.78. The number of nitrogen functional groups attached to an aromatic ring is 1. The molecular weight excluding hydrogens is 300 g/mol. The largest absolute Gasteiger partial charge is 0.393 e. The fraction of sp³-hybridized carbons (Fsp3) is 0.167. The van der Waals surface area contributed by atoms with Crippen LogP contribution in [0.25, 0.3) is 0 Å². The number of nitrogens with zero attached hydrogens (tertiary/aromatic N) is 3. The van der Waals surface area contributed by atoms with Gasteiger partial charge in [-0.1, -0.05) is 19.1 Å². The summed E-state index contributed by atoms with van der Waals surface area (Å²) < 4.78 is 0. The molecule has 0 saturated heterocycles. The van der Waals surface area contributed by atoms with Gasteiger partial charge in [0.15, 0.2) is 11.6 Å². The van der Waals surface area contributed by atoms with Gasteiger partial charge in [0.25, 0.3) is 0 Å². The lowest BCUT2D eigenvalue weighted by atomic mass is 10.1. The molecular formula is C18H20N6. The maximum Gasteiger partial charge on any atom is 0.160 e. The molecule has 0 aliphatic heterocycles. The van der Waals surface area contributed by atoms with Crippen LogP contribution in [-0.2, 0) is 6.42 Å². The van der Waals surface area contributed by atoms with Gasteiger partial charge in [-0.3, -0.25) is 0 Å². The summed E-state index contributed by atoms with van der Waals surface area (Å²) in [5.41, 5.74) is 9.96. The lowest BCUT2D eigenvalue weighted by Gasteiger charge is -2.12. The zero-order chi connectivity index (χ0) is 16.9. The van der Waals surface area contributed by atoms with Crippen LogP contribution in [-0.4, -0.2) is 15.0 Å². The summed E-state index contributed by atoms with van der Waals surface area (Å²) >= 11 is 0. The summed E-state index contributed by atoms with van der Waals surface area (Å²) in [4.78, 5) is 12.7. The van der Waals surface area contributed by atoms with Crippen molar-refractivity contribution in [3.63, 3.8) is 0 Å². The smallest absolute Gasteiger partial charge is 0.160 e. The number of rotatable bonds is 5. The van der Waals surface area contributed by atoms with E-state index < -0.39 is 0 Å². The number of nitrogens with one attached hydrogen (secondary N) is 2. The highest BCUT2D eigenvalue weighted by Crippen LogP contribution is 2.27. The first kappa shape index (κ1) is 15.7. The quantitative estimate of drug-likeness (QED) is 0.662. The molecule has 1 aromatic carbocycles. The van der Waals surface area contributed by atoms with Crippen LogP contribution >= 0.6 is 0 Å². The van der Waals surface area contributed by atoms with E-state index in [-0.39, 0.29) is 0 Å².